The van der Waals surface area contributed by atoms with Gasteiger partial charge in [-0.25, -0.2) is 0 Å². The second-order valence-corrected chi connectivity index (χ2v) is 5.86. The highest BCUT2D eigenvalue weighted by Crippen LogP contribution is 2.25. The third kappa shape index (κ3) is 3.80. The SMILES string of the molecule is COc1c(N)cccc1C(=O)NCCN1CCSCC1. The van der Waals surface area contributed by atoms with Gasteiger partial charge in [0, 0.05) is 37.7 Å². The first-order chi connectivity index (χ1) is 9.72. The number of para-hydroxylation sites is 1. The molecule has 1 aromatic rings. The van der Waals surface area contributed by atoms with E-state index in [-0.39, 0.29) is 5.91 Å². The first kappa shape index (κ1) is 15.0. The van der Waals surface area contributed by atoms with Gasteiger partial charge in [-0.15, -0.1) is 0 Å². The summed E-state index contributed by atoms with van der Waals surface area (Å²) in [6, 6.07) is 5.21. The highest BCUT2D eigenvalue weighted by atomic mass is 32.2. The zero-order valence-electron chi connectivity index (χ0n) is 11.7. The number of anilines is 1. The van der Waals surface area contributed by atoms with Gasteiger partial charge in [0.1, 0.15) is 0 Å². The van der Waals surface area contributed by atoms with E-state index in [0.29, 0.717) is 23.5 Å². The van der Waals surface area contributed by atoms with Crippen LogP contribution in [0.2, 0.25) is 0 Å². The molecule has 110 valence electrons. The number of methoxy groups -OCH3 is 1. The Kier molecular flexibility index (Phi) is 5.55. The first-order valence-electron chi connectivity index (χ1n) is 6.73. The third-order valence-electron chi connectivity index (χ3n) is 3.31. The van der Waals surface area contributed by atoms with Gasteiger partial charge in [0.15, 0.2) is 5.75 Å². The predicted octanol–water partition coefficient (Wildman–Crippen LogP) is 1.06. The van der Waals surface area contributed by atoms with Crippen LogP contribution in [0.1, 0.15) is 10.4 Å². The molecule has 20 heavy (non-hydrogen) atoms. The van der Waals surface area contributed by atoms with Crippen LogP contribution in [0.4, 0.5) is 5.69 Å². The summed E-state index contributed by atoms with van der Waals surface area (Å²) in [6.07, 6.45) is 0. The van der Waals surface area contributed by atoms with Crippen molar-refractivity contribution < 1.29 is 9.53 Å². The Hall–Kier alpha value is -1.40. The molecular weight excluding hydrogens is 274 g/mol. The second-order valence-electron chi connectivity index (χ2n) is 4.64. The van der Waals surface area contributed by atoms with Gasteiger partial charge in [-0.1, -0.05) is 6.07 Å². The average Bonchev–Trinajstić information content (AvgIpc) is 2.48. The number of carbonyl (C=O) groups is 1. The average molecular weight is 295 g/mol. The molecule has 0 bridgehead atoms. The topological polar surface area (TPSA) is 67.6 Å². The molecule has 0 spiro atoms. The lowest BCUT2D eigenvalue weighted by Gasteiger charge is -2.26. The van der Waals surface area contributed by atoms with Crippen molar-refractivity contribution in [3.63, 3.8) is 0 Å². The van der Waals surface area contributed by atoms with Crippen LogP contribution in [-0.2, 0) is 0 Å². The van der Waals surface area contributed by atoms with Crippen molar-refractivity contribution in [1.82, 2.24) is 10.2 Å². The number of nitrogen functional groups attached to an aromatic ring is 1. The van der Waals surface area contributed by atoms with Crippen LogP contribution < -0.4 is 15.8 Å². The van der Waals surface area contributed by atoms with E-state index < -0.39 is 0 Å². The Morgan fingerprint density at radius 1 is 1.45 bits per heavy atom. The summed E-state index contributed by atoms with van der Waals surface area (Å²) in [7, 11) is 1.52. The summed E-state index contributed by atoms with van der Waals surface area (Å²) in [5.41, 5.74) is 6.77. The quantitative estimate of drug-likeness (QED) is 0.795. The monoisotopic (exact) mass is 295 g/mol. The van der Waals surface area contributed by atoms with Crippen molar-refractivity contribution in [2.24, 2.45) is 0 Å². The summed E-state index contributed by atoms with van der Waals surface area (Å²) in [4.78, 5) is 14.5. The molecule has 6 heteroatoms. The number of hydrogen-bond donors (Lipinski definition) is 2. The minimum absolute atomic E-state index is 0.138. The van der Waals surface area contributed by atoms with E-state index in [0.717, 1.165) is 19.6 Å². The fourth-order valence-corrected chi connectivity index (χ4v) is 3.19. The lowest BCUT2D eigenvalue weighted by molar-refractivity contribution is 0.0946. The van der Waals surface area contributed by atoms with E-state index in [1.165, 1.54) is 18.6 Å². The van der Waals surface area contributed by atoms with Crippen LogP contribution in [0.15, 0.2) is 18.2 Å². The number of nitrogens with two attached hydrogens (primary N) is 1. The summed E-state index contributed by atoms with van der Waals surface area (Å²) in [5.74, 6) is 2.66. The molecule has 0 saturated carbocycles. The number of ether oxygens (including phenoxy) is 1. The summed E-state index contributed by atoms with van der Waals surface area (Å²) < 4.78 is 5.19. The maximum absolute atomic E-state index is 12.1. The number of hydrogen-bond acceptors (Lipinski definition) is 5. The number of thioether (sulfide) groups is 1. The largest absolute Gasteiger partial charge is 0.494 e. The van der Waals surface area contributed by atoms with E-state index in [1.54, 1.807) is 18.2 Å². The molecule has 1 aliphatic heterocycles. The molecule has 0 aromatic heterocycles. The fourth-order valence-electron chi connectivity index (χ4n) is 2.21. The Morgan fingerprint density at radius 3 is 2.90 bits per heavy atom. The predicted molar refractivity (Wildman–Crippen MR) is 83.5 cm³/mol. The van der Waals surface area contributed by atoms with E-state index >= 15 is 0 Å². The van der Waals surface area contributed by atoms with Gasteiger partial charge < -0.3 is 15.8 Å². The Morgan fingerprint density at radius 2 is 2.20 bits per heavy atom. The van der Waals surface area contributed by atoms with Crippen molar-refractivity contribution in [2.45, 2.75) is 0 Å². The van der Waals surface area contributed by atoms with Crippen molar-refractivity contribution in [2.75, 3.05) is 50.5 Å². The zero-order chi connectivity index (χ0) is 14.4. The number of carbonyl (C=O) groups excluding carboxylic acids is 1. The molecule has 1 heterocycles. The van der Waals surface area contributed by atoms with Gasteiger partial charge in [-0.2, -0.15) is 11.8 Å². The number of benzene rings is 1. The molecule has 1 aliphatic rings. The molecule has 1 saturated heterocycles. The summed E-state index contributed by atoms with van der Waals surface area (Å²) >= 11 is 1.98. The van der Waals surface area contributed by atoms with Gasteiger partial charge in [0.2, 0.25) is 0 Å². The highest BCUT2D eigenvalue weighted by Gasteiger charge is 2.15. The molecule has 3 N–H and O–H groups in total. The molecular formula is C14H21N3O2S. The van der Waals surface area contributed by atoms with Gasteiger partial charge in [-0.3, -0.25) is 9.69 Å². The summed E-state index contributed by atoms with van der Waals surface area (Å²) in [5, 5.41) is 2.93. The minimum Gasteiger partial charge on any atom is -0.494 e. The minimum atomic E-state index is -0.138. The van der Waals surface area contributed by atoms with Crippen LogP contribution in [-0.4, -0.2) is 55.6 Å². The number of rotatable bonds is 5. The zero-order valence-corrected chi connectivity index (χ0v) is 12.5. The maximum atomic E-state index is 12.1. The van der Waals surface area contributed by atoms with Crippen molar-refractivity contribution in [1.29, 1.82) is 0 Å². The van der Waals surface area contributed by atoms with Gasteiger partial charge in [0.05, 0.1) is 18.4 Å². The van der Waals surface area contributed by atoms with Crippen LogP contribution >= 0.6 is 11.8 Å². The highest BCUT2D eigenvalue weighted by molar-refractivity contribution is 7.99. The standard InChI is InChI=1S/C14H21N3O2S/c1-19-13-11(3-2-4-12(13)15)14(18)16-5-6-17-7-9-20-10-8-17/h2-4H,5-10,15H2,1H3,(H,16,18). The molecule has 1 amide bonds. The number of nitrogens with one attached hydrogen (secondary N) is 1. The lowest BCUT2D eigenvalue weighted by Crippen LogP contribution is -2.39. The van der Waals surface area contributed by atoms with Crippen molar-refractivity contribution in [3.05, 3.63) is 23.8 Å². The second kappa shape index (κ2) is 7.40. The Balaban J connectivity index is 1.87. The van der Waals surface area contributed by atoms with Crippen LogP contribution in [0.25, 0.3) is 0 Å². The first-order valence-corrected chi connectivity index (χ1v) is 7.88. The molecule has 2 rings (SSSR count). The van der Waals surface area contributed by atoms with Gasteiger partial charge in [-0.05, 0) is 12.1 Å². The van der Waals surface area contributed by atoms with E-state index in [4.69, 9.17) is 10.5 Å². The van der Waals surface area contributed by atoms with E-state index in [9.17, 15) is 4.79 Å². The van der Waals surface area contributed by atoms with Crippen LogP contribution in [0, 0.1) is 0 Å². The van der Waals surface area contributed by atoms with Crippen LogP contribution in [0.5, 0.6) is 5.75 Å². The van der Waals surface area contributed by atoms with Crippen molar-refractivity contribution in [3.8, 4) is 5.75 Å². The molecule has 0 radical (unpaired) electrons. The fraction of sp³-hybridized carbons (Fsp3) is 0.500. The van der Waals surface area contributed by atoms with E-state index in [1.807, 2.05) is 11.8 Å². The Bertz CT molecular complexity index is 462. The number of amides is 1. The molecule has 5 nitrogen and oxygen atoms in total. The normalized spacial score (nSPS) is 15.8. The van der Waals surface area contributed by atoms with Crippen molar-refractivity contribution >= 4 is 23.4 Å². The van der Waals surface area contributed by atoms with E-state index in [2.05, 4.69) is 10.2 Å². The smallest absolute Gasteiger partial charge is 0.255 e. The third-order valence-corrected chi connectivity index (χ3v) is 4.25. The molecule has 1 fully saturated rings. The van der Waals surface area contributed by atoms with Crippen LogP contribution in [0.3, 0.4) is 0 Å². The van der Waals surface area contributed by atoms with Gasteiger partial charge in [0.25, 0.3) is 5.91 Å². The molecule has 0 unspecified atom stereocenters. The van der Waals surface area contributed by atoms with Gasteiger partial charge >= 0.3 is 0 Å². The Labute approximate surface area is 123 Å². The summed E-state index contributed by atoms with van der Waals surface area (Å²) in [6.45, 7) is 3.72. The molecule has 0 atom stereocenters. The molecule has 1 aromatic carbocycles. The number of nitrogens with zero attached hydrogens (tertiary/aromatic N) is 1. The maximum Gasteiger partial charge on any atom is 0.255 e. The molecule has 0 aliphatic carbocycles. The lowest BCUT2D eigenvalue weighted by atomic mass is 10.1.